The Morgan fingerprint density at radius 2 is 1.74 bits per heavy atom. The van der Waals surface area contributed by atoms with Crippen molar-refractivity contribution in [1.82, 2.24) is 4.31 Å². The molecule has 168 valence electrons. The number of anilines is 1. The van der Waals surface area contributed by atoms with E-state index in [-0.39, 0.29) is 25.3 Å². The summed E-state index contributed by atoms with van der Waals surface area (Å²) in [5.41, 5.74) is -0.749. The molecule has 1 amide bonds. The van der Waals surface area contributed by atoms with Crippen molar-refractivity contribution in [3.63, 3.8) is 0 Å². The van der Waals surface area contributed by atoms with E-state index < -0.39 is 61.9 Å². The van der Waals surface area contributed by atoms with Gasteiger partial charge in [-0.3, -0.25) is 4.79 Å². The number of carbonyl (C=O) groups excluding carboxylic acids is 1. The van der Waals surface area contributed by atoms with Gasteiger partial charge in [-0.25, -0.2) is 26.0 Å². The van der Waals surface area contributed by atoms with Crippen molar-refractivity contribution in [2.45, 2.75) is 24.0 Å². The predicted octanol–water partition coefficient (Wildman–Crippen LogP) is 2.27. The van der Waals surface area contributed by atoms with E-state index in [9.17, 15) is 35.9 Å². The summed E-state index contributed by atoms with van der Waals surface area (Å²) in [6.45, 7) is 1.06. The first-order valence-corrected chi connectivity index (χ1v) is 10.5. The largest absolute Gasteiger partial charge is 0.389 e. The van der Waals surface area contributed by atoms with Gasteiger partial charge in [-0.15, -0.1) is 0 Å². The number of hydrogen-bond acceptors (Lipinski definition) is 5. The number of nitrogens with one attached hydrogen (secondary N) is 1. The normalized spacial score (nSPS) is 20.3. The molecule has 2 aromatic carbocycles. The van der Waals surface area contributed by atoms with E-state index in [4.69, 9.17) is 4.74 Å². The average Bonchev–Trinajstić information content (AvgIpc) is 2.87. The monoisotopic (exact) mass is 462 g/mol. The highest BCUT2D eigenvalue weighted by molar-refractivity contribution is 7.89. The summed E-state index contributed by atoms with van der Waals surface area (Å²) in [5, 5.41) is 11.9. The highest BCUT2D eigenvalue weighted by Crippen LogP contribution is 2.25. The number of aliphatic hydroxyl groups excluding tert-OH is 1. The van der Waals surface area contributed by atoms with Gasteiger partial charge in [0, 0.05) is 36.0 Å². The topological polar surface area (TPSA) is 95.9 Å². The third kappa shape index (κ3) is 4.87. The van der Waals surface area contributed by atoms with E-state index in [1.54, 1.807) is 0 Å². The number of rotatable bonds is 4. The minimum Gasteiger partial charge on any atom is -0.389 e. The maximum atomic E-state index is 14.4. The smallest absolute Gasteiger partial charge is 0.255 e. The van der Waals surface area contributed by atoms with Gasteiger partial charge in [0.2, 0.25) is 10.0 Å². The van der Waals surface area contributed by atoms with Gasteiger partial charge < -0.3 is 15.2 Å². The second-order valence-corrected chi connectivity index (χ2v) is 8.83. The van der Waals surface area contributed by atoms with Gasteiger partial charge in [0.25, 0.3) is 5.91 Å². The Bertz CT molecular complexity index is 1090. The van der Waals surface area contributed by atoms with Crippen molar-refractivity contribution < 1.29 is 40.6 Å². The van der Waals surface area contributed by atoms with Crippen molar-refractivity contribution in [2.75, 3.05) is 25.1 Å². The number of halogens is 4. The van der Waals surface area contributed by atoms with E-state index in [0.717, 1.165) is 22.5 Å². The Labute approximate surface area is 175 Å². The van der Waals surface area contributed by atoms with E-state index >= 15 is 0 Å². The molecule has 31 heavy (non-hydrogen) atoms. The van der Waals surface area contributed by atoms with Crippen LogP contribution >= 0.6 is 0 Å². The van der Waals surface area contributed by atoms with Crippen LogP contribution < -0.4 is 5.32 Å². The van der Waals surface area contributed by atoms with Crippen molar-refractivity contribution in [1.29, 1.82) is 0 Å². The number of benzene rings is 2. The summed E-state index contributed by atoms with van der Waals surface area (Å²) >= 11 is 0. The number of aliphatic hydroxyl groups is 1. The molecule has 1 aliphatic rings. The van der Waals surface area contributed by atoms with Crippen LogP contribution in [-0.4, -0.2) is 55.6 Å². The molecule has 0 spiro atoms. The Morgan fingerprint density at radius 3 is 2.39 bits per heavy atom. The van der Waals surface area contributed by atoms with Crippen molar-refractivity contribution in [3.8, 4) is 0 Å². The number of ether oxygens (including phenoxy) is 1. The average molecular weight is 462 g/mol. The summed E-state index contributed by atoms with van der Waals surface area (Å²) < 4.78 is 86.2. The summed E-state index contributed by atoms with van der Waals surface area (Å²) in [6, 6.07) is 2.85. The molecule has 2 atom stereocenters. The zero-order valence-electron chi connectivity index (χ0n) is 16.1. The number of nitrogens with zero attached hydrogens (tertiary/aromatic N) is 1. The van der Waals surface area contributed by atoms with Gasteiger partial charge in [0.1, 0.15) is 10.7 Å². The van der Waals surface area contributed by atoms with Gasteiger partial charge >= 0.3 is 0 Å². The second-order valence-electron chi connectivity index (χ2n) is 6.97. The van der Waals surface area contributed by atoms with Crippen LogP contribution in [0.3, 0.4) is 0 Å². The lowest BCUT2D eigenvalue weighted by molar-refractivity contribution is 0.0551. The van der Waals surface area contributed by atoms with Crippen molar-refractivity contribution in [2.24, 2.45) is 0 Å². The molecule has 1 aliphatic heterocycles. The Kier molecular flexibility index (Phi) is 6.65. The maximum Gasteiger partial charge on any atom is 0.255 e. The molecule has 7 nitrogen and oxygen atoms in total. The van der Waals surface area contributed by atoms with Crippen LogP contribution in [0.25, 0.3) is 0 Å². The molecule has 1 fully saturated rings. The fourth-order valence-electron chi connectivity index (χ4n) is 3.03. The van der Waals surface area contributed by atoms with Crippen molar-refractivity contribution >= 4 is 21.6 Å². The fourth-order valence-corrected chi connectivity index (χ4v) is 4.78. The van der Waals surface area contributed by atoms with Crippen LogP contribution in [0.15, 0.2) is 35.2 Å². The molecule has 0 bridgehead atoms. The van der Waals surface area contributed by atoms with Gasteiger partial charge in [-0.2, -0.15) is 4.31 Å². The molecule has 0 aromatic heterocycles. The summed E-state index contributed by atoms with van der Waals surface area (Å²) in [5.74, 6) is -6.93. The highest BCUT2D eigenvalue weighted by Gasteiger charge is 2.35. The number of carbonyl (C=O) groups is 1. The zero-order valence-corrected chi connectivity index (χ0v) is 16.9. The van der Waals surface area contributed by atoms with Crippen LogP contribution in [0.2, 0.25) is 0 Å². The standard InChI is InChI=1S/C19H18F4N2O5S/c1-10-8-30-9-13(26)7-25(10)31(28,29)17-4-11(2-3-14(17)20)19(27)24-12-5-15(21)18(23)16(22)6-12/h2-6,10,13,26H,7-9H2,1H3,(H,24,27). The molecule has 0 saturated carbocycles. The van der Waals surface area contributed by atoms with Gasteiger partial charge in [-0.05, 0) is 25.1 Å². The van der Waals surface area contributed by atoms with E-state index in [0.29, 0.717) is 12.1 Å². The third-order valence-corrected chi connectivity index (χ3v) is 6.57. The molecule has 2 aromatic rings. The number of β-amino-alcohol motifs (C(OH)–C–C–N with tert-alkyl or cyclic N) is 1. The molecule has 0 radical (unpaired) electrons. The molecule has 12 heteroatoms. The van der Waals surface area contributed by atoms with Crippen LogP contribution in [0.1, 0.15) is 17.3 Å². The fraction of sp³-hybridized carbons (Fsp3) is 0.316. The third-order valence-electron chi connectivity index (χ3n) is 4.57. The van der Waals surface area contributed by atoms with Crippen molar-refractivity contribution in [3.05, 3.63) is 59.2 Å². The first-order valence-electron chi connectivity index (χ1n) is 9.03. The predicted molar refractivity (Wildman–Crippen MR) is 101 cm³/mol. The number of hydrogen-bond donors (Lipinski definition) is 2. The van der Waals surface area contributed by atoms with Gasteiger partial charge in [0.15, 0.2) is 17.5 Å². The second kappa shape index (κ2) is 8.91. The minimum absolute atomic E-state index is 0.0280. The van der Waals surface area contributed by atoms with Gasteiger partial charge in [0.05, 0.1) is 19.3 Å². The van der Waals surface area contributed by atoms with E-state index in [2.05, 4.69) is 5.32 Å². The molecule has 2 N–H and O–H groups in total. The highest BCUT2D eigenvalue weighted by atomic mass is 32.2. The van der Waals surface area contributed by atoms with Crippen LogP contribution in [0.4, 0.5) is 23.2 Å². The molecule has 1 saturated heterocycles. The number of amides is 1. The molecular formula is C19H18F4N2O5S. The Morgan fingerprint density at radius 1 is 1.10 bits per heavy atom. The van der Waals surface area contributed by atoms with E-state index in [1.807, 2.05) is 0 Å². The van der Waals surface area contributed by atoms with Crippen LogP contribution in [0, 0.1) is 23.3 Å². The summed E-state index contributed by atoms with van der Waals surface area (Å²) in [7, 11) is -4.48. The minimum atomic E-state index is -4.48. The first-order chi connectivity index (χ1) is 14.5. The van der Waals surface area contributed by atoms with E-state index in [1.165, 1.54) is 6.92 Å². The van der Waals surface area contributed by atoms with Crippen LogP contribution in [0.5, 0.6) is 0 Å². The molecular weight excluding hydrogens is 444 g/mol. The maximum absolute atomic E-state index is 14.4. The summed E-state index contributed by atoms with van der Waals surface area (Å²) in [4.78, 5) is 11.6. The Hall–Kier alpha value is -2.54. The van der Waals surface area contributed by atoms with Gasteiger partial charge in [-0.1, -0.05) is 0 Å². The quantitative estimate of drug-likeness (QED) is 0.537. The zero-order chi connectivity index (χ0) is 22.9. The SMILES string of the molecule is CC1COCC(O)CN1S(=O)(=O)c1cc(C(=O)Nc2cc(F)c(F)c(F)c2)ccc1F. The molecule has 1 heterocycles. The Balaban J connectivity index is 1.93. The molecule has 0 aliphatic carbocycles. The lowest BCUT2D eigenvalue weighted by Gasteiger charge is -2.26. The molecule has 3 rings (SSSR count). The lowest BCUT2D eigenvalue weighted by atomic mass is 10.2. The molecule has 2 unspecified atom stereocenters. The summed E-state index contributed by atoms with van der Waals surface area (Å²) in [6.07, 6.45) is -1.13. The lowest BCUT2D eigenvalue weighted by Crippen LogP contribution is -2.43. The first kappa shape index (κ1) is 23.1. The number of sulfonamides is 1. The van der Waals surface area contributed by atoms with Crippen LogP contribution in [-0.2, 0) is 14.8 Å².